The molecule has 0 aromatic heterocycles. The highest BCUT2D eigenvalue weighted by Gasteiger charge is 2.33. The van der Waals surface area contributed by atoms with Crippen LogP contribution in [0.3, 0.4) is 0 Å². The van der Waals surface area contributed by atoms with Gasteiger partial charge in [0.1, 0.15) is 5.75 Å². The molecule has 0 spiro atoms. The van der Waals surface area contributed by atoms with E-state index in [1.807, 2.05) is 95.9 Å². The molecule has 0 N–H and O–H groups in total. The molecule has 0 radical (unpaired) electrons. The first-order valence-corrected chi connectivity index (χ1v) is 10.4. The summed E-state index contributed by atoms with van der Waals surface area (Å²) in [6.45, 7) is 1.12. The highest BCUT2D eigenvalue weighted by molar-refractivity contribution is 5.98. The second kappa shape index (κ2) is 9.40. The van der Waals surface area contributed by atoms with Crippen LogP contribution < -0.4 is 4.74 Å². The summed E-state index contributed by atoms with van der Waals surface area (Å²) in [5.41, 5.74) is 1.57. The Hall–Kier alpha value is -3.40. The number of likely N-dealkylation sites (tertiary alicyclic amines) is 1. The lowest BCUT2D eigenvalue weighted by molar-refractivity contribution is -0.140. The van der Waals surface area contributed by atoms with E-state index in [2.05, 4.69) is 0 Å². The lowest BCUT2D eigenvalue weighted by Crippen LogP contribution is -2.43. The molecule has 0 bridgehead atoms. The highest BCUT2D eigenvalue weighted by Crippen LogP contribution is 2.27. The minimum absolute atomic E-state index is 0.0401. The van der Waals surface area contributed by atoms with E-state index in [4.69, 9.17) is 4.74 Å². The summed E-state index contributed by atoms with van der Waals surface area (Å²) in [5, 5.41) is 0. The quantitative estimate of drug-likeness (QED) is 0.552. The number of ketones is 1. The molecule has 0 aliphatic carbocycles. The largest absolute Gasteiger partial charge is 0.476 e. The van der Waals surface area contributed by atoms with Gasteiger partial charge in [0, 0.05) is 30.1 Å². The smallest absolute Gasteiger partial charge is 0.268 e. The van der Waals surface area contributed by atoms with Gasteiger partial charge in [-0.3, -0.25) is 9.59 Å². The van der Waals surface area contributed by atoms with Gasteiger partial charge in [0.15, 0.2) is 5.78 Å². The number of Topliss-reactive ketones (excluding diaryl/α,β-unsaturated/α-hetero) is 1. The molecule has 152 valence electrons. The zero-order valence-electron chi connectivity index (χ0n) is 16.8. The molecule has 1 atom stereocenters. The molecule has 1 saturated heterocycles. The van der Waals surface area contributed by atoms with Crippen molar-refractivity contribution < 1.29 is 14.3 Å². The molecular weight excluding hydrogens is 374 g/mol. The van der Waals surface area contributed by atoms with Crippen molar-refractivity contribution in [2.75, 3.05) is 13.1 Å². The monoisotopic (exact) mass is 399 g/mol. The fraction of sp³-hybridized carbons (Fsp3) is 0.231. The van der Waals surface area contributed by atoms with Crippen molar-refractivity contribution in [1.29, 1.82) is 0 Å². The van der Waals surface area contributed by atoms with Gasteiger partial charge in [-0.1, -0.05) is 78.9 Å². The SMILES string of the molecule is O=C(c1ccccc1)C1CCN(C(=O)C(Oc2ccccc2)c2ccccc2)CC1. The molecule has 4 heteroatoms. The predicted molar refractivity (Wildman–Crippen MR) is 116 cm³/mol. The number of rotatable bonds is 6. The zero-order chi connectivity index (χ0) is 20.8. The Morgan fingerprint density at radius 1 is 0.767 bits per heavy atom. The van der Waals surface area contributed by atoms with Gasteiger partial charge in [-0.2, -0.15) is 0 Å². The van der Waals surface area contributed by atoms with Gasteiger partial charge >= 0.3 is 0 Å². The van der Waals surface area contributed by atoms with Crippen molar-refractivity contribution in [3.8, 4) is 5.75 Å². The molecule has 1 unspecified atom stereocenters. The Kier molecular flexibility index (Phi) is 6.23. The summed E-state index contributed by atoms with van der Waals surface area (Å²) < 4.78 is 6.10. The summed E-state index contributed by atoms with van der Waals surface area (Å²) in [6, 6.07) is 28.4. The first-order chi connectivity index (χ1) is 14.7. The Morgan fingerprint density at radius 3 is 1.90 bits per heavy atom. The minimum Gasteiger partial charge on any atom is -0.476 e. The molecule has 1 fully saturated rings. The molecule has 3 aromatic carbocycles. The van der Waals surface area contributed by atoms with Crippen molar-refractivity contribution in [2.45, 2.75) is 18.9 Å². The summed E-state index contributed by atoms with van der Waals surface area (Å²) in [5.74, 6) is 0.731. The number of hydrogen-bond acceptors (Lipinski definition) is 3. The summed E-state index contributed by atoms with van der Waals surface area (Å²) >= 11 is 0. The predicted octanol–water partition coefficient (Wildman–Crippen LogP) is 4.93. The number of hydrogen-bond donors (Lipinski definition) is 0. The van der Waals surface area contributed by atoms with Gasteiger partial charge in [0.25, 0.3) is 5.91 Å². The van der Waals surface area contributed by atoms with E-state index in [9.17, 15) is 9.59 Å². The molecule has 0 saturated carbocycles. The van der Waals surface area contributed by atoms with E-state index in [1.165, 1.54) is 0 Å². The minimum atomic E-state index is -0.699. The topological polar surface area (TPSA) is 46.6 Å². The third-order valence-electron chi connectivity index (χ3n) is 5.56. The standard InChI is InChI=1S/C26H25NO3/c28-24(20-10-4-1-5-11-20)21-16-18-27(19-17-21)26(29)25(22-12-6-2-7-13-22)30-23-14-8-3-9-15-23/h1-15,21,25H,16-19H2. The van der Waals surface area contributed by atoms with Crippen molar-refractivity contribution in [2.24, 2.45) is 5.92 Å². The van der Waals surface area contributed by atoms with Crippen molar-refractivity contribution in [1.82, 2.24) is 4.90 Å². The third kappa shape index (κ3) is 4.60. The number of carbonyl (C=O) groups excluding carboxylic acids is 2. The fourth-order valence-electron chi connectivity index (χ4n) is 3.89. The number of carbonyl (C=O) groups is 2. The van der Waals surface area contributed by atoms with Gasteiger partial charge in [-0.05, 0) is 25.0 Å². The molecular formula is C26H25NO3. The van der Waals surface area contributed by atoms with Crippen LogP contribution in [0.2, 0.25) is 0 Å². The van der Waals surface area contributed by atoms with Crippen LogP contribution in [0.4, 0.5) is 0 Å². The maximum absolute atomic E-state index is 13.4. The molecule has 4 nitrogen and oxygen atoms in total. The number of para-hydroxylation sites is 1. The van der Waals surface area contributed by atoms with Gasteiger partial charge < -0.3 is 9.64 Å². The molecule has 1 amide bonds. The van der Waals surface area contributed by atoms with E-state index in [-0.39, 0.29) is 17.6 Å². The number of ether oxygens (including phenoxy) is 1. The normalized spacial score (nSPS) is 15.4. The van der Waals surface area contributed by atoms with Crippen LogP contribution in [0.5, 0.6) is 5.75 Å². The van der Waals surface area contributed by atoms with Crippen LogP contribution in [0.25, 0.3) is 0 Å². The summed E-state index contributed by atoms with van der Waals surface area (Å²) in [4.78, 5) is 27.9. The zero-order valence-corrected chi connectivity index (χ0v) is 16.8. The average Bonchev–Trinajstić information content (AvgIpc) is 2.83. The van der Waals surface area contributed by atoms with Crippen LogP contribution in [-0.2, 0) is 4.79 Å². The maximum atomic E-state index is 13.4. The van der Waals surface area contributed by atoms with Crippen LogP contribution >= 0.6 is 0 Å². The molecule has 3 aromatic rings. The summed E-state index contributed by atoms with van der Waals surface area (Å²) in [7, 11) is 0. The lowest BCUT2D eigenvalue weighted by atomic mass is 9.88. The van der Waals surface area contributed by atoms with Gasteiger partial charge in [-0.15, -0.1) is 0 Å². The van der Waals surface area contributed by atoms with Crippen molar-refractivity contribution >= 4 is 11.7 Å². The van der Waals surface area contributed by atoms with Crippen LogP contribution in [0.1, 0.15) is 34.9 Å². The number of amides is 1. The highest BCUT2D eigenvalue weighted by atomic mass is 16.5. The molecule has 1 aliphatic rings. The maximum Gasteiger partial charge on any atom is 0.268 e. The Morgan fingerprint density at radius 2 is 1.30 bits per heavy atom. The van der Waals surface area contributed by atoms with E-state index >= 15 is 0 Å². The molecule has 1 aliphatic heterocycles. The van der Waals surface area contributed by atoms with E-state index in [1.54, 1.807) is 0 Å². The molecule has 30 heavy (non-hydrogen) atoms. The van der Waals surface area contributed by atoms with Crippen LogP contribution in [-0.4, -0.2) is 29.7 Å². The number of benzene rings is 3. The van der Waals surface area contributed by atoms with Gasteiger partial charge in [0.2, 0.25) is 6.10 Å². The van der Waals surface area contributed by atoms with E-state index in [0.29, 0.717) is 31.7 Å². The molecule has 1 heterocycles. The molecule has 4 rings (SSSR count). The van der Waals surface area contributed by atoms with Gasteiger partial charge in [-0.25, -0.2) is 0 Å². The average molecular weight is 399 g/mol. The Balaban J connectivity index is 1.45. The Labute approximate surface area is 177 Å². The third-order valence-corrected chi connectivity index (χ3v) is 5.56. The first kappa shape index (κ1) is 19.9. The number of nitrogens with zero attached hydrogens (tertiary/aromatic N) is 1. The second-order valence-corrected chi connectivity index (χ2v) is 7.55. The van der Waals surface area contributed by atoms with Crippen LogP contribution in [0, 0.1) is 5.92 Å². The van der Waals surface area contributed by atoms with Crippen LogP contribution in [0.15, 0.2) is 91.0 Å². The summed E-state index contributed by atoms with van der Waals surface area (Å²) in [6.07, 6.45) is 0.647. The fourth-order valence-corrected chi connectivity index (χ4v) is 3.89. The second-order valence-electron chi connectivity index (χ2n) is 7.55. The van der Waals surface area contributed by atoms with E-state index < -0.39 is 6.10 Å². The van der Waals surface area contributed by atoms with Crippen molar-refractivity contribution in [3.63, 3.8) is 0 Å². The number of piperidine rings is 1. The Bertz CT molecular complexity index is 965. The van der Waals surface area contributed by atoms with Gasteiger partial charge in [0.05, 0.1) is 0 Å². The lowest BCUT2D eigenvalue weighted by Gasteiger charge is -2.34. The first-order valence-electron chi connectivity index (χ1n) is 10.4. The van der Waals surface area contributed by atoms with E-state index in [0.717, 1.165) is 11.1 Å². The van der Waals surface area contributed by atoms with Crippen molar-refractivity contribution in [3.05, 3.63) is 102 Å².